The van der Waals surface area contributed by atoms with Crippen LogP contribution in [0, 0.1) is 0 Å². The fourth-order valence-electron chi connectivity index (χ4n) is 3.25. The summed E-state index contributed by atoms with van der Waals surface area (Å²) in [6.45, 7) is 8.57. The fourth-order valence-corrected chi connectivity index (χ4v) is 3.25. The van der Waals surface area contributed by atoms with Gasteiger partial charge in [0.05, 0.1) is 12.6 Å². The molecule has 5 nitrogen and oxygen atoms in total. The van der Waals surface area contributed by atoms with Gasteiger partial charge in [-0.15, -0.1) is 0 Å². The minimum absolute atomic E-state index is 0.266. The van der Waals surface area contributed by atoms with E-state index >= 15 is 0 Å². The first-order valence-corrected chi connectivity index (χ1v) is 8.14. The number of rotatable bonds is 5. The van der Waals surface area contributed by atoms with E-state index in [9.17, 15) is 5.11 Å². The van der Waals surface area contributed by atoms with Gasteiger partial charge in [-0.3, -0.25) is 9.80 Å². The molecule has 1 aliphatic rings. The number of hydrogen-bond acceptors (Lipinski definition) is 5. The van der Waals surface area contributed by atoms with Crippen LogP contribution in [0.5, 0.6) is 0 Å². The van der Waals surface area contributed by atoms with Crippen molar-refractivity contribution in [3.63, 3.8) is 0 Å². The molecule has 0 spiro atoms. The lowest BCUT2D eigenvalue weighted by Crippen LogP contribution is -2.54. The van der Waals surface area contributed by atoms with E-state index in [4.69, 9.17) is 4.42 Å². The standard InChI is InChI=1S/C17H25N3O2/c1-3-14-11-19(8-9-20(14)10-13(2)21)12-17-18-15-6-4-5-7-16(15)22-17/h4-7,13-14,21H,3,8-12H2,1-2H3/t13-,14+/m1/s1. The van der Waals surface area contributed by atoms with E-state index in [-0.39, 0.29) is 6.10 Å². The normalized spacial score (nSPS) is 22.2. The molecular weight excluding hydrogens is 278 g/mol. The summed E-state index contributed by atoms with van der Waals surface area (Å²) >= 11 is 0. The first kappa shape index (κ1) is 15.5. The van der Waals surface area contributed by atoms with Crippen molar-refractivity contribution in [2.24, 2.45) is 0 Å². The molecule has 0 saturated carbocycles. The van der Waals surface area contributed by atoms with Crippen molar-refractivity contribution in [1.82, 2.24) is 14.8 Å². The Labute approximate surface area is 131 Å². The van der Waals surface area contributed by atoms with E-state index in [0.717, 1.165) is 56.1 Å². The second-order valence-electron chi connectivity index (χ2n) is 6.22. The third-order valence-corrected chi connectivity index (χ3v) is 4.36. The van der Waals surface area contributed by atoms with Gasteiger partial charge in [-0.1, -0.05) is 19.1 Å². The Kier molecular flexibility index (Phi) is 4.76. The van der Waals surface area contributed by atoms with Gasteiger partial charge in [0, 0.05) is 32.2 Å². The molecule has 0 aliphatic carbocycles. The predicted molar refractivity (Wildman–Crippen MR) is 86.6 cm³/mol. The lowest BCUT2D eigenvalue weighted by molar-refractivity contribution is 0.0311. The summed E-state index contributed by atoms with van der Waals surface area (Å²) in [7, 11) is 0. The van der Waals surface area contributed by atoms with Gasteiger partial charge in [0.2, 0.25) is 5.89 Å². The third kappa shape index (κ3) is 3.48. The largest absolute Gasteiger partial charge is 0.439 e. The van der Waals surface area contributed by atoms with Crippen LogP contribution in [0.25, 0.3) is 11.1 Å². The Bertz CT molecular complexity index is 578. The molecule has 1 aromatic heterocycles. The van der Waals surface area contributed by atoms with Crippen LogP contribution in [0.1, 0.15) is 26.2 Å². The molecule has 3 rings (SSSR count). The van der Waals surface area contributed by atoms with E-state index in [1.165, 1.54) is 0 Å². The van der Waals surface area contributed by atoms with E-state index in [1.54, 1.807) is 0 Å². The average Bonchev–Trinajstić information content (AvgIpc) is 2.90. The third-order valence-electron chi connectivity index (χ3n) is 4.36. The first-order chi connectivity index (χ1) is 10.7. The number of aliphatic hydroxyl groups excluding tert-OH is 1. The molecule has 2 aromatic rings. The molecule has 120 valence electrons. The van der Waals surface area contributed by atoms with Crippen LogP contribution in [0.3, 0.4) is 0 Å². The van der Waals surface area contributed by atoms with Gasteiger partial charge < -0.3 is 9.52 Å². The molecule has 1 aromatic carbocycles. The summed E-state index contributed by atoms with van der Waals surface area (Å²) in [4.78, 5) is 9.36. The lowest BCUT2D eigenvalue weighted by Gasteiger charge is -2.41. The molecule has 22 heavy (non-hydrogen) atoms. The van der Waals surface area contributed by atoms with Gasteiger partial charge in [0.15, 0.2) is 5.58 Å². The molecule has 1 saturated heterocycles. The van der Waals surface area contributed by atoms with Crippen LogP contribution in [-0.4, -0.2) is 58.2 Å². The number of hydrogen-bond donors (Lipinski definition) is 1. The van der Waals surface area contributed by atoms with Crippen LogP contribution in [0.2, 0.25) is 0 Å². The topological polar surface area (TPSA) is 52.7 Å². The number of benzene rings is 1. The van der Waals surface area contributed by atoms with Crippen molar-refractivity contribution in [3.05, 3.63) is 30.2 Å². The zero-order chi connectivity index (χ0) is 15.5. The summed E-state index contributed by atoms with van der Waals surface area (Å²) in [5, 5.41) is 9.62. The van der Waals surface area contributed by atoms with E-state index in [0.29, 0.717) is 6.04 Å². The second-order valence-corrected chi connectivity index (χ2v) is 6.22. The van der Waals surface area contributed by atoms with Crippen molar-refractivity contribution in [3.8, 4) is 0 Å². The summed E-state index contributed by atoms with van der Waals surface area (Å²) in [6, 6.07) is 8.39. The van der Waals surface area contributed by atoms with E-state index < -0.39 is 0 Å². The maximum absolute atomic E-state index is 9.62. The minimum Gasteiger partial charge on any atom is -0.439 e. The molecule has 2 atom stereocenters. The summed E-state index contributed by atoms with van der Waals surface area (Å²) in [5.41, 5.74) is 1.79. The molecule has 0 amide bonds. The van der Waals surface area contributed by atoms with Gasteiger partial charge in [0.25, 0.3) is 0 Å². The van der Waals surface area contributed by atoms with Crippen molar-refractivity contribution in [1.29, 1.82) is 0 Å². The van der Waals surface area contributed by atoms with Crippen LogP contribution in [0.15, 0.2) is 28.7 Å². The number of para-hydroxylation sites is 2. The Hall–Kier alpha value is -1.43. The SMILES string of the molecule is CC[C@H]1CN(Cc2nc3ccccc3o2)CCN1C[C@@H](C)O. The number of aliphatic hydroxyl groups is 1. The molecule has 1 fully saturated rings. The molecular formula is C17H25N3O2. The van der Waals surface area contributed by atoms with Gasteiger partial charge in [-0.05, 0) is 25.5 Å². The molecule has 0 unspecified atom stereocenters. The lowest BCUT2D eigenvalue weighted by atomic mass is 10.1. The highest BCUT2D eigenvalue weighted by Gasteiger charge is 2.27. The molecule has 1 aliphatic heterocycles. The van der Waals surface area contributed by atoms with Crippen molar-refractivity contribution in [2.75, 3.05) is 26.2 Å². The Morgan fingerprint density at radius 1 is 1.36 bits per heavy atom. The number of aromatic nitrogens is 1. The molecule has 0 radical (unpaired) electrons. The quantitative estimate of drug-likeness (QED) is 0.917. The Balaban J connectivity index is 1.64. The molecule has 2 heterocycles. The zero-order valence-corrected chi connectivity index (χ0v) is 13.4. The van der Waals surface area contributed by atoms with Crippen molar-refractivity contribution >= 4 is 11.1 Å². The number of piperazine rings is 1. The summed E-state index contributed by atoms with van der Waals surface area (Å²) < 4.78 is 5.82. The smallest absolute Gasteiger partial charge is 0.209 e. The Morgan fingerprint density at radius 3 is 2.91 bits per heavy atom. The highest BCUT2D eigenvalue weighted by molar-refractivity contribution is 5.72. The average molecular weight is 303 g/mol. The maximum atomic E-state index is 9.62. The van der Waals surface area contributed by atoms with Crippen molar-refractivity contribution in [2.45, 2.75) is 39.0 Å². The van der Waals surface area contributed by atoms with Gasteiger partial charge in [-0.25, -0.2) is 4.98 Å². The fraction of sp³-hybridized carbons (Fsp3) is 0.588. The molecule has 5 heteroatoms. The zero-order valence-electron chi connectivity index (χ0n) is 13.4. The van der Waals surface area contributed by atoms with Crippen molar-refractivity contribution < 1.29 is 9.52 Å². The summed E-state index contributed by atoms with van der Waals surface area (Å²) in [5.74, 6) is 0.792. The van der Waals surface area contributed by atoms with E-state index in [2.05, 4.69) is 21.7 Å². The number of β-amino-alcohol motifs (C(OH)–C–C–N with tert-alkyl or cyclic N) is 1. The van der Waals surface area contributed by atoms with Gasteiger partial charge in [0.1, 0.15) is 5.52 Å². The molecule has 1 N–H and O–H groups in total. The highest BCUT2D eigenvalue weighted by Crippen LogP contribution is 2.19. The first-order valence-electron chi connectivity index (χ1n) is 8.14. The minimum atomic E-state index is -0.266. The van der Waals surface area contributed by atoms with Gasteiger partial charge in [-0.2, -0.15) is 0 Å². The second kappa shape index (κ2) is 6.77. The molecule has 0 bridgehead atoms. The van der Waals surface area contributed by atoms with Crippen LogP contribution >= 0.6 is 0 Å². The van der Waals surface area contributed by atoms with Gasteiger partial charge >= 0.3 is 0 Å². The van der Waals surface area contributed by atoms with Crippen LogP contribution in [-0.2, 0) is 6.54 Å². The number of oxazole rings is 1. The van der Waals surface area contributed by atoms with Crippen LogP contribution < -0.4 is 0 Å². The summed E-state index contributed by atoms with van der Waals surface area (Å²) in [6.07, 6.45) is 0.828. The van der Waals surface area contributed by atoms with E-state index in [1.807, 2.05) is 31.2 Å². The monoisotopic (exact) mass is 303 g/mol. The number of nitrogens with zero attached hydrogens (tertiary/aromatic N) is 3. The van der Waals surface area contributed by atoms with Crippen LogP contribution in [0.4, 0.5) is 0 Å². The maximum Gasteiger partial charge on any atom is 0.209 e. The predicted octanol–water partition coefficient (Wildman–Crippen LogP) is 2.10. The Morgan fingerprint density at radius 2 is 2.18 bits per heavy atom. The highest BCUT2D eigenvalue weighted by atomic mass is 16.3. The number of fused-ring (bicyclic) bond motifs is 1.